The number of fused-ring (bicyclic) bond motifs is 1. The molecule has 33 heavy (non-hydrogen) atoms. The van der Waals surface area contributed by atoms with Crippen LogP contribution in [0, 0.1) is 0 Å². The molecule has 9 heteroatoms. The molecule has 0 bridgehead atoms. The average Bonchev–Trinajstić information content (AvgIpc) is 3.15. The van der Waals surface area contributed by atoms with Crippen molar-refractivity contribution in [1.82, 2.24) is 14.4 Å². The maximum Gasteiger partial charge on any atom is 0.419 e. The number of carbonyl (C=O) groups excluding carboxylic acids is 2. The smallest absolute Gasteiger partial charge is 0.419 e. The number of carbonyl (C=O) groups is 2. The minimum Gasteiger partial charge on any atom is -0.468 e. The Bertz CT molecular complexity index is 1200. The van der Waals surface area contributed by atoms with Gasteiger partial charge in [-0.1, -0.05) is 41.9 Å². The number of oxazole rings is 1. The van der Waals surface area contributed by atoms with Gasteiger partial charge in [-0.05, 0) is 30.2 Å². The van der Waals surface area contributed by atoms with Gasteiger partial charge in [-0.15, -0.1) is 0 Å². The predicted octanol–water partition coefficient (Wildman–Crippen LogP) is 3.09. The van der Waals surface area contributed by atoms with Crippen molar-refractivity contribution in [2.45, 2.75) is 25.4 Å². The van der Waals surface area contributed by atoms with Crippen LogP contribution in [0.3, 0.4) is 0 Å². The number of aryl methyl sites for hydroxylation is 1. The van der Waals surface area contributed by atoms with Gasteiger partial charge < -0.3 is 14.1 Å². The van der Waals surface area contributed by atoms with E-state index in [0.717, 1.165) is 5.52 Å². The van der Waals surface area contributed by atoms with Gasteiger partial charge in [0, 0.05) is 44.2 Å². The fourth-order valence-corrected chi connectivity index (χ4v) is 4.52. The van der Waals surface area contributed by atoms with E-state index < -0.39 is 11.8 Å². The first-order chi connectivity index (χ1) is 16.0. The van der Waals surface area contributed by atoms with Crippen molar-refractivity contribution in [1.29, 1.82) is 0 Å². The standard InChI is InChI=1S/C24H26ClN3O5/c1-32-23(30)22(17-7-2-3-8-18(17)25)27-15-13-26(14-16-27)21(29)11-6-12-28-19-9-4-5-10-20(19)33-24(28)31/h2-5,7-10,22H,6,11-16H2,1H3/t22-/m0/s1. The van der Waals surface area contributed by atoms with Crippen molar-refractivity contribution in [2.75, 3.05) is 33.3 Å². The molecule has 2 aromatic carbocycles. The summed E-state index contributed by atoms with van der Waals surface area (Å²) in [6, 6.07) is 13.9. The number of rotatable bonds is 7. The summed E-state index contributed by atoms with van der Waals surface area (Å²) in [5.74, 6) is -0.755. The highest BCUT2D eigenvalue weighted by Gasteiger charge is 2.33. The lowest BCUT2D eigenvalue weighted by atomic mass is 10.0. The zero-order chi connectivity index (χ0) is 23.4. The summed E-state index contributed by atoms with van der Waals surface area (Å²) in [6.07, 6.45) is 0.865. The molecular formula is C24H26ClN3O5. The molecule has 8 nitrogen and oxygen atoms in total. The van der Waals surface area contributed by atoms with E-state index >= 15 is 0 Å². The second kappa shape index (κ2) is 10.2. The van der Waals surface area contributed by atoms with E-state index in [9.17, 15) is 14.4 Å². The largest absolute Gasteiger partial charge is 0.468 e. The minimum absolute atomic E-state index is 0.0304. The van der Waals surface area contributed by atoms with E-state index in [4.69, 9.17) is 20.8 Å². The maximum atomic E-state index is 12.7. The summed E-state index contributed by atoms with van der Waals surface area (Å²) in [7, 11) is 1.36. The van der Waals surface area contributed by atoms with Gasteiger partial charge in [0.1, 0.15) is 6.04 Å². The molecule has 1 amide bonds. The molecule has 1 fully saturated rings. The van der Waals surface area contributed by atoms with Crippen LogP contribution >= 0.6 is 11.6 Å². The molecule has 174 valence electrons. The predicted molar refractivity (Wildman–Crippen MR) is 124 cm³/mol. The lowest BCUT2D eigenvalue weighted by molar-refractivity contribution is -0.148. The summed E-state index contributed by atoms with van der Waals surface area (Å²) in [5, 5.41) is 0.508. The van der Waals surface area contributed by atoms with E-state index in [1.807, 2.05) is 41.3 Å². The van der Waals surface area contributed by atoms with E-state index in [2.05, 4.69) is 0 Å². The van der Waals surface area contributed by atoms with Crippen LogP contribution in [0.1, 0.15) is 24.4 Å². The summed E-state index contributed by atoms with van der Waals surface area (Å²) < 4.78 is 11.8. The fourth-order valence-electron chi connectivity index (χ4n) is 4.28. The zero-order valence-corrected chi connectivity index (χ0v) is 19.2. The average molecular weight is 472 g/mol. The number of methoxy groups -OCH3 is 1. The molecular weight excluding hydrogens is 446 g/mol. The first kappa shape index (κ1) is 23.1. The van der Waals surface area contributed by atoms with Crippen LogP contribution in [0.15, 0.2) is 57.7 Å². The SMILES string of the molecule is COC(=O)[C@H](c1ccccc1Cl)N1CCN(C(=O)CCCn2c(=O)oc3ccccc32)CC1. The first-order valence-electron chi connectivity index (χ1n) is 10.9. The number of hydrogen-bond acceptors (Lipinski definition) is 6. The number of hydrogen-bond donors (Lipinski definition) is 0. The lowest BCUT2D eigenvalue weighted by Crippen LogP contribution is -2.51. The Morgan fingerprint density at radius 1 is 1.06 bits per heavy atom. The van der Waals surface area contributed by atoms with Gasteiger partial charge in [0.05, 0.1) is 12.6 Å². The monoisotopic (exact) mass is 471 g/mol. The molecule has 1 saturated heterocycles. The molecule has 0 N–H and O–H groups in total. The molecule has 1 aliphatic rings. The van der Waals surface area contributed by atoms with Crippen LogP contribution in [0.4, 0.5) is 0 Å². The van der Waals surface area contributed by atoms with Crippen LogP contribution in [0.2, 0.25) is 5.02 Å². The molecule has 0 saturated carbocycles. The van der Waals surface area contributed by atoms with Crippen LogP contribution in [-0.2, 0) is 20.9 Å². The first-order valence-corrected chi connectivity index (χ1v) is 11.3. The molecule has 2 heterocycles. The Morgan fingerprint density at radius 2 is 1.76 bits per heavy atom. The Kier molecular flexibility index (Phi) is 7.15. The molecule has 1 aliphatic heterocycles. The van der Waals surface area contributed by atoms with Crippen molar-refractivity contribution < 1.29 is 18.7 Å². The zero-order valence-electron chi connectivity index (χ0n) is 18.4. The van der Waals surface area contributed by atoms with Crippen LogP contribution in [0.5, 0.6) is 0 Å². The van der Waals surface area contributed by atoms with Gasteiger partial charge in [0.2, 0.25) is 5.91 Å². The third-order valence-corrected chi connectivity index (χ3v) is 6.35. The van der Waals surface area contributed by atoms with Crippen LogP contribution in [-0.4, -0.2) is 59.5 Å². The van der Waals surface area contributed by atoms with Gasteiger partial charge in [-0.25, -0.2) is 9.59 Å². The number of aromatic nitrogens is 1. The highest BCUT2D eigenvalue weighted by Crippen LogP contribution is 2.29. The number of ether oxygens (including phenoxy) is 1. The van der Waals surface area contributed by atoms with E-state index in [1.54, 1.807) is 21.6 Å². The molecule has 3 aromatic rings. The molecule has 0 spiro atoms. The van der Waals surface area contributed by atoms with Gasteiger partial charge in [-0.2, -0.15) is 0 Å². The van der Waals surface area contributed by atoms with E-state index in [1.165, 1.54) is 7.11 Å². The summed E-state index contributed by atoms with van der Waals surface area (Å²) in [4.78, 5) is 41.1. The van der Waals surface area contributed by atoms with Crippen molar-refractivity contribution in [2.24, 2.45) is 0 Å². The van der Waals surface area contributed by atoms with Gasteiger partial charge in [0.15, 0.2) is 5.58 Å². The number of para-hydroxylation sites is 2. The lowest BCUT2D eigenvalue weighted by Gasteiger charge is -2.38. The Balaban J connectivity index is 1.33. The Labute approximate surface area is 196 Å². The summed E-state index contributed by atoms with van der Waals surface area (Å²) >= 11 is 6.34. The second-order valence-corrected chi connectivity index (χ2v) is 8.36. The van der Waals surface area contributed by atoms with Gasteiger partial charge >= 0.3 is 11.7 Å². The van der Waals surface area contributed by atoms with Crippen LogP contribution in [0.25, 0.3) is 11.1 Å². The Hall–Kier alpha value is -3.10. The number of piperazine rings is 1. The highest BCUT2D eigenvalue weighted by atomic mass is 35.5. The molecule has 0 aliphatic carbocycles. The quantitative estimate of drug-likeness (QED) is 0.492. The van der Waals surface area contributed by atoms with Crippen molar-refractivity contribution in [3.05, 3.63) is 69.7 Å². The number of benzene rings is 2. The molecule has 1 aromatic heterocycles. The van der Waals surface area contributed by atoms with Crippen molar-refractivity contribution in [3.8, 4) is 0 Å². The number of halogens is 1. The molecule has 1 atom stereocenters. The molecule has 0 radical (unpaired) electrons. The summed E-state index contributed by atoms with van der Waals surface area (Å²) in [5.41, 5.74) is 1.98. The second-order valence-electron chi connectivity index (χ2n) is 7.95. The maximum absolute atomic E-state index is 12.7. The normalized spacial score (nSPS) is 15.5. The Morgan fingerprint density at radius 3 is 2.48 bits per heavy atom. The molecule has 4 rings (SSSR count). The van der Waals surface area contributed by atoms with Crippen molar-refractivity contribution in [3.63, 3.8) is 0 Å². The number of nitrogens with zero attached hydrogens (tertiary/aromatic N) is 3. The van der Waals surface area contributed by atoms with E-state index in [0.29, 0.717) is 61.7 Å². The fraction of sp³-hybridized carbons (Fsp3) is 0.375. The molecule has 0 unspecified atom stereocenters. The third kappa shape index (κ3) is 4.96. The topological polar surface area (TPSA) is 85.0 Å². The van der Waals surface area contributed by atoms with Gasteiger partial charge in [0.25, 0.3) is 0 Å². The minimum atomic E-state index is -0.609. The number of amides is 1. The third-order valence-electron chi connectivity index (χ3n) is 6.00. The van der Waals surface area contributed by atoms with E-state index in [-0.39, 0.29) is 11.9 Å². The number of esters is 1. The van der Waals surface area contributed by atoms with Crippen molar-refractivity contribution >= 4 is 34.6 Å². The van der Waals surface area contributed by atoms with Crippen LogP contribution < -0.4 is 5.76 Å². The van der Waals surface area contributed by atoms with Gasteiger partial charge in [-0.3, -0.25) is 14.3 Å². The summed E-state index contributed by atoms with van der Waals surface area (Å²) in [6.45, 7) is 2.49. The highest BCUT2D eigenvalue weighted by molar-refractivity contribution is 6.31.